The summed E-state index contributed by atoms with van der Waals surface area (Å²) < 4.78 is 26.0. The van der Waals surface area contributed by atoms with E-state index in [1.54, 1.807) is 23.1 Å². The van der Waals surface area contributed by atoms with Crippen LogP contribution in [0.3, 0.4) is 0 Å². The van der Waals surface area contributed by atoms with Crippen LogP contribution in [0.5, 0.6) is 0 Å². The second-order valence-corrected chi connectivity index (χ2v) is 9.84. The van der Waals surface area contributed by atoms with Gasteiger partial charge in [0.25, 0.3) is 5.91 Å². The summed E-state index contributed by atoms with van der Waals surface area (Å²) in [6.45, 7) is 3.27. The van der Waals surface area contributed by atoms with Gasteiger partial charge in [-0.15, -0.1) is 0 Å². The van der Waals surface area contributed by atoms with E-state index in [9.17, 15) is 13.2 Å². The summed E-state index contributed by atoms with van der Waals surface area (Å²) in [5.41, 5.74) is 2.05. The average molecular weight is 447 g/mol. The summed E-state index contributed by atoms with van der Waals surface area (Å²) in [5, 5.41) is 8.98. The van der Waals surface area contributed by atoms with Crippen molar-refractivity contribution in [3.05, 3.63) is 64.2 Å². The lowest BCUT2D eigenvalue weighted by molar-refractivity contribution is 0.0628. The molecule has 30 heavy (non-hydrogen) atoms. The quantitative estimate of drug-likeness (QED) is 0.704. The molecule has 0 aliphatic carbocycles. The van der Waals surface area contributed by atoms with Gasteiger partial charge in [0.15, 0.2) is 0 Å². The lowest BCUT2D eigenvalue weighted by Crippen LogP contribution is -2.48. The first-order chi connectivity index (χ1) is 14.2. The molecular formula is C21H23ClN4O3S. The third-order valence-corrected chi connectivity index (χ3v) is 7.38. The van der Waals surface area contributed by atoms with Gasteiger partial charge in [0.1, 0.15) is 4.90 Å². The van der Waals surface area contributed by atoms with Gasteiger partial charge < -0.3 is 4.90 Å². The molecule has 0 atom stereocenters. The van der Waals surface area contributed by atoms with Gasteiger partial charge in [-0.05, 0) is 35.9 Å². The Balaban J connectivity index is 1.66. The Bertz CT molecular complexity index is 1070. The minimum absolute atomic E-state index is 0.0699. The van der Waals surface area contributed by atoms with Gasteiger partial charge in [0.2, 0.25) is 10.0 Å². The van der Waals surface area contributed by atoms with Crippen molar-refractivity contribution in [3.8, 4) is 6.07 Å². The standard InChI is InChI=1S/C21H23ClN4O3S/c1-24(2)30(28,29)20-13-18(7-8-19(20)22)21(27)26-11-9-25(10-12-26)15-17-5-3-16(14-23)4-6-17/h3-8,13H,9-12,15H2,1-2H3. The molecular weight excluding hydrogens is 424 g/mol. The average Bonchev–Trinajstić information content (AvgIpc) is 2.74. The van der Waals surface area contributed by atoms with Crippen molar-refractivity contribution in [2.75, 3.05) is 40.3 Å². The maximum atomic E-state index is 12.9. The fourth-order valence-corrected chi connectivity index (χ4v) is 4.66. The zero-order chi connectivity index (χ0) is 21.9. The molecule has 1 heterocycles. The molecule has 2 aromatic rings. The van der Waals surface area contributed by atoms with Crippen LogP contribution in [0.25, 0.3) is 0 Å². The van der Waals surface area contributed by atoms with Crippen molar-refractivity contribution < 1.29 is 13.2 Å². The van der Waals surface area contributed by atoms with Gasteiger partial charge in [-0.3, -0.25) is 9.69 Å². The molecule has 0 N–H and O–H groups in total. The topological polar surface area (TPSA) is 84.7 Å². The summed E-state index contributed by atoms with van der Waals surface area (Å²) in [5.74, 6) is -0.208. The molecule has 1 aliphatic heterocycles. The highest BCUT2D eigenvalue weighted by Crippen LogP contribution is 2.25. The first kappa shape index (κ1) is 22.2. The Hall–Kier alpha value is -2.44. The van der Waals surface area contributed by atoms with E-state index < -0.39 is 10.0 Å². The molecule has 0 bridgehead atoms. The third kappa shape index (κ3) is 4.82. The van der Waals surface area contributed by atoms with E-state index in [0.717, 1.165) is 16.4 Å². The number of carbonyl (C=O) groups excluding carboxylic acids is 1. The number of carbonyl (C=O) groups is 1. The van der Waals surface area contributed by atoms with Gasteiger partial charge in [0.05, 0.1) is 16.7 Å². The van der Waals surface area contributed by atoms with E-state index >= 15 is 0 Å². The zero-order valence-electron chi connectivity index (χ0n) is 16.9. The van der Waals surface area contributed by atoms with Crippen LogP contribution in [0.2, 0.25) is 5.02 Å². The molecule has 0 spiro atoms. The highest BCUT2D eigenvalue weighted by Gasteiger charge is 2.26. The number of hydrogen-bond acceptors (Lipinski definition) is 5. The highest BCUT2D eigenvalue weighted by atomic mass is 35.5. The molecule has 1 amide bonds. The van der Waals surface area contributed by atoms with Gasteiger partial charge in [0, 0.05) is 52.4 Å². The van der Waals surface area contributed by atoms with E-state index in [2.05, 4.69) is 11.0 Å². The Morgan fingerprint density at radius 1 is 1.10 bits per heavy atom. The van der Waals surface area contributed by atoms with Crippen molar-refractivity contribution in [2.24, 2.45) is 0 Å². The van der Waals surface area contributed by atoms with Crippen LogP contribution in [0, 0.1) is 11.3 Å². The summed E-state index contributed by atoms with van der Waals surface area (Å²) in [7, 11) is -0.893. The molecule has 3 rings (SSSR count). The highest BCUT2D eigenvalue weighted by molar-refractivity contribution is 7.89. The maximum absolute atomic E-state index is 12.9. The SMILES string of the molecule is CN(C)S(=O)(=O)c1cc(C(=O)N2CCN(Cc3ccc(C#N)cc3)CC2)ccc1Cl. The molecule has 7 nitrogen and oxygen atoms in total. The zero-order valence-corrected chi connectivity index (χ0v) is 18.4. The number of amides is 1. The molecule has 0 unspecified atom stereocenters. The van der Waals surface area contributed by atoms with Crippen molar-refractivity contribution >= 4 is 27.5 Å². The van der Waals surface area contributed by atoms with Crippen LogP contribution in [0.1, 0.15) is 21.5 Å². The summed E-state index contributed by atoms with van der Waals surface area (Å²) >= 11 is 6.08. The maximum Gasteiger partial charge on any atom is 0.253 e. The Morgan fingerprint density at radius 2 is 1.73 bits per heavy atom. The van der Waals surface area contributed by atoms with Crippen molar-refractivity contribution in [3.63, 3.8) is 0 Å². The molecule has 0 saturated carbocycles. The number of benzene rings is 2. The number of nitrogens with zero attached hydrogens (tertiary/aromatic N) is 4. The third-order valence-electron chi connectivity index (χ3n) is 5.09. The fourth-order valence-electron chi connectivity index (χ4n) is 3.27. The second kappa shape index (κ2) is 9.14. The number of piperazine rings is 1. The Kier molecular flexibility index (Phi) is 6.78. The predicted molar refractivity (Wildman–Crippen MR) is 115 cm³/mol. The second-order valence-electron chi connectivity index (χ2n) is 7.31. The van der Waals surface area contributed by atoms with Crippen molar-refractivity contribution in [1.82, 2.24) is 14.1 Å². The minimum atomic E-state index is -3.74. The van der Waals surface area contributed by atoms with Crippen LogP contribution < -0.4 is 0 Å². The lowest BCUT2D eigenvalue weighted by Gasteiger charge is -2.35. The lowest BCUT2D eigenvalue weighted by atomic mass is 10.1. The first-order valence-corrected chi connectivity index (χ1v) is 11.3. The van der Waals surface area contributed by atoms with Crippen LogP contribution in [-0.4, -0.2) is 68.7 Å². The monoisotopic (exact) mass is 446 g/mol. The van der Waals surface area contributed by atoms with E-state index in [1.807, 2.05) is 12.1 Å². The summed E-state index contributed by atoms with van der Waals surface area (Å²) in [6, 6.07) is 14.0. The Morgan fingerprint density at radius 3 is 2.30 bits per heavy atom. The summed E-state index contributed by atoms with van der Waals surface area (Å²) in [4.78, 5) is 16.8. The number of rotatable bonds is 5. The van der Waals surface area contributed by atoms with Gasteiger partial charge >= 0.3 is 0 Å². The molecule has 0 aromatic heterocycles. The van der Waals surface area contributed by atoms with Crippen molar-refractivity contribution in [2.45, 2.75) is 11.4 Å². The van der Waals surface area contributed by atoms with Gasteiger partial charge in [-0.1, -0.05) is 23.7 Å². The smallest absolute Gasteiger partial charge is 0.253 e. The fraction of sp³-hybridized carbons (Fsp3) is 0.333. The van der Waals surface area contributed by atoms with Crippen LogP contribution in [-0.2, 0) is 16.6 Å². The number of nitriles is 1. The molecule has 1 aliphatic rings. The molecule has 0 radical (unpaired) electrons. The minimum Gasteiger partial charge on any atom is -0.336 e. The van der Waals surface area contributed by atoms with Crippen LogP contribution in [0.4, 0.5) is 0 Å². The van der Waals surface area contributed by atoms with Crippen LogP contribution >= 0.6 is 11.6 Å². The van der Waals surface area contributed by atoms with E-state index in [0.29, 0.717) is 37.3 Å². The van der Waals surface area contributed by atoms with Gasteiger partial charge in [-0.2, -0.15) is 5.26 Å². The first-order valence-electron chi connectivity index (χ1n) is 9.45. The van der Waals surface area contributed by atoms with E-state index in [4.69, 9.17) is 16.9 Å². The molecule has 1 fully saturated rings. The number of halogens is 1. The molecule has 9 heteroatoms. The number of sulfonamides is 1. The largest absolute Gasteiger partial charge is 0.336 e. The summed E-state index contributed by atoms with van der Waals surface area (Å²) in [6.07, 6.45) is 0. The molecule has 1 saturated heterocycles. The van der Waals surface area contributed by atoms with Crippen LogP contribution in [0.15, 0.2) is 47.4 Å². The van der Waals surface area contributed by atoms with E-state index in [-0.39, 0.29) is 15.8 Å². The van der Waals surface area contributed by atoms with E-state index in [1.165, 1.54) is 26.2 Å². The molecule has 158 valence electrons. The Labute approximate surface area is 182 Å². The van der Waals surface area contributed by atoms with Crippen molar-refractivity contribution in [1.29, 1.82) is 5.26 Å². The normalized spacial score (nSPS) is 15.2. The predicted octanol–water partition coefficient (Wildman–Crippen LogP) is 2.42. The van der Waals surface area contributed by atoms with Gasteiger partial charge in [-0.25, -0.2) is 12.7 Å². The molecule has 2 aromatic carbocycles. The number of hydrogen-bond donors (Lipinski definition) is 0.